The van der Waals surface area contributed by atoms with Crippen molar-refractivity contribution in [2.75, 3.05) is 20.7 Å². The number of methoxy groups -OCH3 is 1. The minimum absolute atomic E-state index is 0.0740. The Balaban J connectivity index is 1.64. The molecule has 1 fully saturated rings. The summed E-state index contributed by atoms with van der Waals surface area (Å²) in [5.41, 5.74) is 2.44. The van der Waals surface area contributed by atoms with Gasteiger partial charge in [-0.2, -0.15) is 0 Å². The van der Waals surface area contributed by atoms with Crippen LogP contribution in [0.4, 0.5) is 0 Å². The second kappa shape index (κ2) is 6.88. The molecule has 0 spiro atoms. The highest BCUT2D eigenvalue weighted by Gasteiger charge is 2.36. The molecule has 3 rings (SSSR count). The zero-order valence-corrected chi connectivity index (χ0v) is 13.8. The number of hydrogen-bond acceptors (Lipinski definition) is 4. The van der Waals surface area contributed by atoms with Gasteiger partial charge in [-0.3, -0.25) is 14.5 Å². The first-order valence-electron chi connectivity index (χ1n) is 7.92. The zero-order chi connectivity index (χ0) is 17.1. The third-order valence-electron chi connectivity index (χ3n) is 4.37. The summed E-state index contributed by atoms with van der Waals surface area (Å²) in [5, 5.41) is 2.98. The van der Waals surface area contributed by atoms with Crippen LogP contribution >= 0.6 is 0 Å². The topological polar surface area (TPSA) is 74.4 Å². The highest BCUT2D eigenvalue weighted by molar-refractivity contribution is 5.93. The van der Waals surface area contributed by atoms with Gasteiger partial charge >= 0.3 is 5.97 Å². The molecule has 2 aromatic rings. The summed E-state index contributed by atoms with van der Waals surface area (Å²) >= 11 is 0. The molecule has 1 amide bonds. The summed E-state index contributed by atoms with van der Waals surface area (Å²) in [7, 11) is 3.24. The molecule has 1 saturated heterocycles. The first kappa shape index (κ1) is 16.3. The summed E-state index contributed by atoms with van der Waals surface area (Å²) in [6.07, 6.45) is 0.557. The van der Waals surface area contributed by atoms with Gasteiger partial charge in [-0.1, -0.05) is 30.3 Å². The summed E-state index contributed by atoms with van der Waals surface area (Å²) in [4.78, 5) is 29.2. The smallest absolute Gasteiger partial charge is 0.323 e. The number of H-pyrrole nitrogens is 1. The minimum atomic E-state index is -0.302. The normalized spacial score (nSPS) is 20.8. The van der Waals surface area contributed by atoms with Crippen molar-refractivity contribution >= 4 is 11.9 Å². The number of aromatic amines is 1. The Bertz CT molecular complexity index is 726. The molecule has 2 N–H and O–H groups in total. The van der Waals surface area contributed by atoms with E-state index >= 15 is 0 Å². The Hall–Kier alpha value is -2.60. The lowest BCUT2D eigenvalue weighted by Crippen LogP contribution is -2.36. The van der Waals surface area contributed by atoms with Gasteiger partial charge in [-0.15, -0.1) is 0 Å². The second-order valence-corrected chi connectivity index (χ2v) is 6.04. The molecule has 1 aliphatic heterocycles. The van der Waals surface area contributed by atoms with Gasteiger partial charge in [0.25, 0.3) is 5.91 Å². The number of hydrogen-bond donors (Lipinski definition) is 2. The second-order valence-electron chi connectivity index (χ2n) is 6.04. The van der Waals surface area contributed by atoms with Crippen LogP contribution in [0.15, 0.2) is 42.5 Å². The standard InChI is InChI=1S/C18H21N3O3/c1-21-11-13(10-16(21)18(23)24-2)19-17(22)15-9-8-14(20-15)12-6-4-3-5-7-12/h3-9,13,16,20H,10-11H2,1-2H3,(H,19,22)/t13-,16-/m0/s1. The number of aromatic nitrogens is 1. The molecular weight excluding hydrogens is 306 g/mol. The van der Waals surface area contributed by atoms with Crippen molar-refractivity contribution in [3.05, 3.63) is 48.2 Å². The molecule has 1 aromatic carbocycles. The van der Waals surface area contributed by atoms with Crippen molar-refractivity contribution in [3.63, 3.8) is 0 Å². The third-order valence-corrected chi connectivity index (χ3v) is 4.37. The number of amides is 1. The molecule has 6 nitrogen and oxygen atoms in total. The van der Waals surface area contributed by atoms with Crippen molar-refractivity contribution in [1.29, 1.82) is 0 Å². The van der Waals surface area contributed by atoms with Gasteiger partial charge < -0.3 is 15.0 Å². The zero-order valence-electron chi connectivity index (χ0n) is 13.8. The van der Waals surface area contributed by atoms with E-state index in [0.717, 1.165) is 11.3 Å². The van der Waals surface area contributed by atoms with E-state index in [1.807, 2.05) is 48.3 Å². The van der Waals surface area contributed by atoms with E-state index in [9.17, 15) is 9.59 Å². The van der Waals surface area contributed by atoms with Crippen LogP contribution < -0.4 is 5.32 Å². The number of nitrogens with one attached hydrogen (secondary N) is 2. The van der Waals surface area contributed by atoms with E-state index in [0.29, 0.717) is 18.7 Å². The maximum atomic E-state index is 12.4. The lowest BCUT2D eigenvalue weighted by Gasteiger charge is -2.15. The number of esters is 1. The Labute approximate surface area is 140 Å². The van der Waals surface area contributed by atoms with Gasteiger partial charge in [0.2, 0.25) is 0 Å². The summed E-state index contributed by atoms with van der Waals surface area (Å²) in [6, 6.07) is 13.1. The van der Waals surface area contributed by atoms with Crippen molar-refractivity contribution in [3.8, 4) is 11.3 Å². The van der Waals surface area contributed by atoms with Gasteiger partial charge in [-0.05, 0) is 31.2 Å². The van der Waals surface area contributed by atoms with Crippen molar-refractivity contribution < 1.29 is 14.3 Å². The number of benzene rings is 1. The largest absolute Gasteiger partial charge is 0.468 e. The molecule has 1 aliphatic rings. The van der Waals surface area contributed by atoms with Crippen LogP contribution in [0.5, 0.6) is 0 Å². The van der Waals surface area contributed by atoms with Crippen LogP contribution in [-0.4, -0.2) is 54.5 Å². The SMILES string of the molecule is COC(=O)[C@@H]1C[C@H](NC(=O)c2ccc(-c3ccccc3)[nH]2)CN1C. The molecule has 0 unspecified atom stereocenters. The van der Waals surface area contributed by atoms with Crippen LogP contribution in [-0.2, 0) is 9.53 Å². The summed E-state index contributed by atoms with van der Waals surface area (Å²) < 4.78 is 4.80. The van der Waals surface area contributed by atoms with Crippen LogP contribution in [0.1, 0.15) is 16.9 Å². The molecule has 0 aliphatic carbocycles. The van der Waals surface area contributed by atoms with Gasteiger partial charge in [0.05, 0.1) is 7.11 Å². The van der Waals surface area contributed by atoms with E-state index in [2.05, 4.69) is 10.3 Å². The molecule has 6 heteroatoms. The number of carbonyl (C=O) groups excluding carboxylic acids is 2. The predicted molar refractivity (Wildman–Crippen MR) is 90.5 cm³/mol. The Kier molecular flexibility index (Phi) is 4.66. The van der Waals surface area contributed by atoms with Crippen molar-refractivity contribution in [2.45, 2.75) is 18.5 Å². The van der Waals surface area contributed by atoms with Gasteiger partial charge in [0.1, 0.15) is 11.7 Å². The van der Waals surface area contributed by atoms with Gasteiger partial charge in [0.15, 0.2) is 0 Å². The Morgan fingerprint density at radius 2 is 1.96 bits per heavy atom. The van der Waals surface area contributed by atoms with E-state index in [-0.39, 0.29) is 24.0 Å². The maximum absolute atomic E-state index is 12.4. The van der Waals surface area contributed by atoms with E-state index < -0.39 is 0 Å². The molecule has 0 saturated carbocycles. The van der Waals surface area contributed by atoms with E-state index in [1.54, 1.807) is 6.07 Å². The Morgan fingerprint density at radius 1 is 1.21 bits per heavy atom. The molecule has 126 valence electrons. The molecule has 0 radical (unpaired) electrons. The fraction of sp³-hybridized carbons (Fsp3) is 0.333. The van der Waals surface area contributed by atoms with Gasteiger partial charge in [-0.25, -0.2) is 0 Å². The number of nitrogens with zero attached hydrogens (tertiary/aromatic N) is 1. The predicted octanol–water partition coefficient (Wildman–Crippen LogP) is 1.66. The lowest BCUT2D eigenvalue weighted by molar-refractivity contribution is -0.145. The monoisotopic (exact) mass is 327 g/mol. The van der Waals surface area contributed by atoms with Crippen LogP contribution in [0, 0.1) is 0 Å². The highest BCUT2D eigenvalue weighted by Crippen LogP contribution is 2.20. The van der Waals surface area contributed by atoms with Crippen LogP contribution in [0.2, 0.25) is 0 Å². The fourth-order valence-electron chi connectivity index (χ4n) is 3.09. The van der Waals surface area contributed by atoms with Crippen LogP contribution in [0.3, 0.4) is 0 Å². The molecule has 2 atom stereocenters. The minimum Gasteiger partial charge on any atom is -0.468 e. The van der Waals surface area contributed by atoms with E-state index in [4.69, 9.17) is 4.74 Å². The molecule has 2 heterocycles. The number of likely N-dealkylation sites (N-methyl/N-ethyl adjacent to an activating group) is 1. The quantitative estimate of drug-likeness (QED) is 0.838. The van der Waals surface area contributed by atoms with Crippen molar-refractivity contribution in [2.24, 2.45) is 0 Å². The van der Waals surface area contributed by atoms with Crippen LogP contribution in [0.25, 0.3) is 11.3 Å². The molecule has 1 aromatic heterocycles. The number of carbonyl (C=O) groups is 2. The van der Waals surface area contributed by atoms with Gasteiger partial charge in [0, 0.05) is 18.3 Å². The first-order valence-corrected chi connectivity index (χ1v) is 7.92. The lowest BCUT2D eigenvalue weighted by atomic mass is 10.1. The number of ether oxygens (including phenoxy) is 1. The summed E-state index contributed by atoms with van der Waals surface area (Å²) in [6.45, 7) is 0.623. The molecule has 24 heavy (non-hydrogen) atoms. The fourth-order valence-corrected chi connectivity index (χ4v) is 3.09. The van der Waals surface area contributed by atoms with Crippen molar-refractivity contribution in [1.82, 2.24) is 15.2 Å². The highest BCUT2D eigenvalue weighted by atomic mass is 16.5. The molecule has 0 bridgehead atoms. The number of likely N-dealkylation sites (tertiary alicyclic amines) is 1. The maximum Gasteiger partial charge on any atom is 0.323 e. The first-order chi connectivity index (χ1) is 11.6. The average Bonchev–Trinajstić information content (AvgIpc) is 3.22. The average molecular weight is 327 g/mol. The summed E-state index contributed by atoms with van der Waals surface area (Å²) in [5.74, 6) is -0.429. The Morgan fingerprint density at radius 3 is 2.67 bits per heavy atom. The number of rotatable bonds is 4. The molecular formula is C18H21N3O3. The third kappa shape index (κ3) is 3.33. The van der Waals surface area contributed by atoms with E-state index in [1.165, 1.54) is 7.11 Å².